The Labute approximate surface area is 101 Å². The van der Waals surface area contributed by atoms with Gasteiger partial charge in [-0.1, -0.05) is 33.1 Å². The quantitative estimate of drug-likeness (QED) is 0.643. The van der Waals surface area contributed by atoms with Crippen LogP contribution in [0.25, 0.3) is 0 Å². The van der Waals surface area contributed by atoms with Crippen molar-refractivity contribution in [3.05, 3.63) is 0 Å². The average molecular weight is 227 g/mol. The van der Waals surface area contributed by atoms with Crippen molar-refractivity contribution in [3.8, 4) is 0 Å². The third kappa shape index (κ3) is 7.24. The van der Waals surface area contributed by atoms with E-state index in [1.165, 1.54) is 32.1 Å². The number of ether oxygens (including phenoxy) is 1. The molecule has 0 aromatic heterocycles. The maximum Gasteiger partial charge on any atom is 0.0494 e. The molecular formula is C14H29NO. The second-order valence-electron chi connectivity index (χ2n) is 5.53. The molecule has 1 fully saturated rings. The van der Waals surface area contributed by atoms with Gasteiger partial charge in [0, 0.05) is 13.2 Å². The summed E-state index contributed by atoms with van der Waals surface area (Å²) in [5.74, 6) is 1.61. The first kappa shape index (κ1) is 14.0. The lowest BCUT2D eigenvalue weighted by Crippen LogP contribution is -2.22. The summed E-state index contributed by atoms with van der Waals surface area (Å²) in [6.07, 6.45) is 8.22. The van der Waals surface area contributed by atoms with Gasteiger partial charge in [0.05, 0.1) is 0 Å². The van der Waals surface area contributed by atoms with Crippen molar-refractivity contribution < 1.29 is 4.74 Å². The lowest BCUT2D eigenvalue weighted by molar-refractivity contribution is 0.0836. The molecule has 0 atom stereocenters. The summed E-state index contributed by atoms with van der Waals surface area (Å²) in [6.45, 7) is 8.65. The monoisotopic (exact) mass is 227 g/mol. The normalized spacial score (nSPS) is 18.2. The van der Waals surface area contributed by atoms with Crippen LogP contribution in [0.4, 0.5) is 0 Å². The van der Waals surface area contributed by atoms with E-state index in [0.29, 0.717) is 0 Å². The third-order valence-electron chi connectivity index (χ3n) is 3.27. The molecule has 0 spiro atoms. The van der Waals surface area contributed by atoms with E-state index >= 15 is 0 Å². The van der Waals surface area contributed by atoms with Crippen LogP contribution in [0.15, 0.2) is 0 Å². The van der Waals surface area contributed by atoms with Crippen LogP contribution >= 0.6 is 0 Å². The van der Waals surface area contributed by atoms with Crippen molar-refractivity contribution in [1.29, 1.82) is 0 Å². The van der Waals surface area contributed by atoms with Crippen molar-refractivity contribution in [3.63, 3.8) is 0 Å². The Hall–Kier alpha value is -0.0800. The molecule has 1 saturated carbocycles. The smallest absolute Gasteiger partial charge is 0.0494 e. The van der Waals surface area contributed by atoms with Crippen LogP contribution in [0, 0.1) is 11.8 Å². The van der Waals surface area contributed by atoms with E-state index in [-0.39, 0.29) is 0 Å². The first-order valence-electron chi connectivity index (χ1n) is 7.07. The Bertz CT molecular complexity index is 153. The Morgan fingerprint density at radius 2 is 1.94 bits per heavy atom. The highest BCUT2D eigenvalue weighted by molar-refractivity contribution is 4.64. The second kappa shape index (κ2) is 9.00. The van der Waals surface area contributed by atoms with Gasteiger partial charge in [-0.05, 0) is 44.2 Å². The predicted octanol–water partition coefficient (Wildman–Crippen LogP) is 3.22. The van der Waals surface area contributed by atoms with Crippen molar-refractivity contribution in [2.24, 2.45) is 11.8 Å². The molecule has 2 nitrogen and oxygen atoms in total. The van der Waals surface area contributed by atoms with Gasteiger partial charge in [0.25, 0.3) is 0 Å². The van der Waals surface area contributed by atoms with E-state index < -0.39 is 0 Å². The highest BCUT2D eigenvalue weighted by Crippen LogP contribution is 2.23. The third-order valence-corrected chi connectivity index (χ3v) is 3.27. The van der Waals surface area contributed by atoms with Crippen molar-refractivity contribution >= 4 is 0 Å². The zero-order chi connectivity index (χ0) is 11.6. The van der Waals surface area contributed by atoms with E-state index in [2.05, 4.69) is 19.2 Å². The molecule has 0 saturated heterocycles. The Morgan fingerprint density at radius 3 is 2.62 bits per heavy atom. The van der Waals surface area contributed by atoms with Gasteiger partial charge in [-0.15, -0.1) is 0 Å². The predicted molar refractivity (Wildman–Crippen MR) is 69.7 cm³/mol. The summed E-state index contributed by atoms with van der Waals surface area (Å²) in [4.78, 5) is 0. The highest BCUT2D eigenvalue weighted by Gasteiger charge is 2.12. The highest BCUT2D eigenvalue weighted by atomic mass is 16.5. The van der Waals surface area contributed by atoms with E-state index in [9.17, 15) is 0 Å². The van der Waals surface area contributed by atoms with Crippen LogP contribution < -0.4 is 5.32 Å². The molecule has 0 bridgehead atoms. The molecule has 0 radical (unpaired) electrons. The number of nitrogens with one attached hydrogen (secondary N) is 1. The van der Waals surface area contributed by atoms with Crippen LogP contribution in [-0.4, -0.2) is 26.3 Å². The molecule has 0 aromatic carbocycles. The molecule has 16 heavy (non-hydrogen) atoms. The largest absolute Gasteiger partial charge is 0.381 e. The second-order valence-corrected chi connectivity index (χ2v) is 5.53. The van der Waals surface area contributed by atoms with Crippen molar-refractivity contribution in [1.82, 2.24) is 5.32 Å². The van der Waals surface area contributed by atoms with Crippen molar-refractivity contribution in [2.45, 2.75) is 52.4 Å². The molecule has 0 unspecified atom stereocenters. The van der Waals surface area contributed by atoms with Gasteiger partial charge in [0.2, 0.25) is 0 Å². The van der Waals surface area contributed by atoms with Gasteiger partial charge in [-0.3, -0.25) is 0 Å². The standard InChI is InChI=1S/C14H29NO/c1-13(2)11-15-9-6-10-16-12-14-7-4-3-5-8-14/h13-15H,3-12H2,1-2H3. The maximum absolute atomic E-state index is 5.74. The van der Waals surface area contributed by atoms with E-state index in [4.69, 9.17) is 4.74 Å². The minimum atomic E-state index is 0.753. The molecule has 96 valence electrons. The molecule has 0 amide bonds. The van der Waals surface area contributed by atoms with Crippen LogP contribution in [0.1, 0.15) is 52.4 Å². The first-order chi connectivity index (χ1) is 7.79. The average Bonchev–Trinajstić information content (AvgIpc) is 2.29. The summed E-state index contributed by atoms with van der Waals surface area (Å²) in [7, 11) is 0. The van der Waals surface area contributed by atoms with Crippen LogP contribution in [0.2, 0.25) is 0 Å². The fourth-order valence-electron chi connectivity index (χ4n) is 2.29. The zero-order valence-electron chi connectivity index (χ0n) is 11.1. The summed E-state index contributed by atoms with van der Waals surface area (Å²) in [5, 5.41) is 3.44. The Balaban J connectivity index is 1.80. The summed E-state index contributed by atoms with van der Waals surface area (Å²) in [5.41, 5.74) is 0. The molecular weight excluding hydrogens is 198 g/mol. The molecule has 0 aliphatic heterocycles. The minimum absolute atomic E-state index is 0.753. The van der Waals surface area contributed by atoms with Gasteiger partial charge in [0.1, 0.15) is 0 Å². The number of hydrogen-bond donors (Lipinski definition) is 1. The molecule has 1 rings (SSSR count). The number of hydrogen-bond acceptors (Lipinski definition) is 2. The van der Waals surface area contributed by atoms with E-state index in [1.807, 2.05) is 0 Å². The lowest BCUT2D eigenvalue weighted by atomic mass is 9.90. The van der Waals surface area contributed by atoms with Crippen molar-refractivity contribution in [2.75, 3.05) is 26.3 Å². The lowest BCUT2D eigenvalue weighted by Gasteiger charge is -2.21. The summed E-state index contributed by atoms with van der Waals surface area (Å²) < 4.78 is 5.74. The van der Waals surface area contributed by atoms with Crippen LogP contribution in [-0.2, 0) is 4.74 Å². The maximum atomic E-state index is 5.74. The molecule has 0 aromatic rings. The molecule has 2 heteroatoms. The van der Waals surface area contributed by atoms with Crippen LogP contribution in [0.5, 0.6) is 0 Å². The minimum Gasteiger partial charge on any atom is -0.381 e. The Kier molecular flexibility index (Phi) is 7.87. The topological polar surface area (TPSA) is 21.3 Å². The van der Waals surface area contributed by atoms with E-state index in [1.54, 1.807) is 0 Å². The van der Waals surface area contributed by atoms with Gasteiger partial charge in [0.15, 0.2) is 0 Å². The fraction of sp³-hybridized carbons (Fsp3) is 1.00. The molecule has 1 aliphatic rings. The molecule has 1 N–H and O–H groups in total. The fourth-order valence-corrected chi connectivity index (χ4v) is 2.29. The molecule has 1 aliphatic carbocycles. The Morgan fingerprint density at radius 1 is 1.19 bits per heavy atom. The number of rotatable bonds is 8. The van der Waals surface area contributed by atoms with E-state index in [0.717, 1.165) is 44.6 Å². The summed E-state index contributed by atoms with van der Waals surface area (Å²) >= 11 is 0. The molecule has 0 heterocycles. The SMILES string of the molecule is CC(C)CNCCCOCC1CCCCC1. The summed E-state index contributed by atoms with van der Waals surface area (Å²) in [6, 6.07) is 0. The van der Waals surface area contributed by atoms with Gasteiger partial charge in [-0.25, -0.2) is 0 Å². The van der Waals surface area contributed by atoms with Gasteiger partial charge in [-0.2, -0.15) is 0 Å². The van der Waals surface area contributed by atoms with Gasteiger partial charge < -0.3 is 10.1 Å². The first-order valence-corrected chi connectivity index (χ1v) is 7.07. The van der Waals surface area contributed by atoms with Crippen LogP contribution in [0.3, 0.4) is 0 Å². The van der Waals surface area contributed by atoms with Gasteiger partial charge >= 0.3 is 0 Å². The zero-order valence-corrected chi connectivity index (χ0v) is 11.1.